The lowest BCUT2D eigenvalue weighted by atomic mass is 9.55. The molecule has 1 nitrogen and oxygen atoms in total. The van der Waals surface area contributed by atoms with E-state index >= 15 is 0 Å². The quantitative estimate of drug-likeness (QED) is 0.157. The highest BCUT2D eigenvalue weighted by atomic mass is 15.1. The number of hydrogen-bond acceptors (Lipinski definition) is 1. The maximum atomic E-state index is 2.50. The zero-order valence-corrected chi connectivity index (χ0v) is 34.3. The third kappa shape index (κ3) is 5.20. The number of rotatable bonds is 5. The van der Waals surface area contributed by atoms with Gasteiger partial charge < -0.3 is 4.90 Å². The average Bonchev–Trinajstić information content (AvgIpc) is 3.62. The summed E-state index contributed by atoms with van der Waals surface area (Å²) in [6.07, 6.45) is 0. The summed E-state index contributed by atoms with van der Waals surface area (Å²) in [5.41, 5.74) is 18.5. The molecule has 2 aliphatic rings. The van der Waals surface area contributed by atoms with Crippen molar-refractivity contribution in [3.05, 3.63) is 258 Å². The predicted molar refractivity (Wildman–Crippen MR) is 256 cm³/mol. The zero-order chi connectivity index (χ0) is 40.7. The summed E-state index contributed by atoms with van der Waals surface area (Å²) < 4.78 is 0. The normalized spacial score (nSPS) is 14.0. The van der Waals surface area contributed by atoms with Gasteiger partial charge in [-0.1, -0.05) is 190 Å². The lowest BCUT2D eigenvalue weighted by molar-refractivity contribution is 0.563. The largest absolute Gasteiger partial charge is 0.310 e. The number of hydrogen-bond donors (Lipinski definition) is 0. The second-order valence-corrected chi connectivity index (χ2v) is 17.2. The molecule has 10 aromatic rings. The van der Waals surface area contributed by atoms with Gasteiger partial charge in [0.05, 0.1) is 5.41 Å². The second kappa shape index (κ2) is 13.5. The molecule has 288 valence electrons. The Morgan fingerprint density at radius 2 is 0.820 bits per heavy atom. The molecule has 0 aromatic heterocycles. The van der Waals surface area contributed by atoms with Gasteiger partial charge in [-0.25, -0.2) is 0 Å². The van der Waals surface area contributed by atoms with Gasteiger partial charge >= 0.3 is 0 Å². The van der Waals surface area contributed by atoms with Crippen LogP contribution in [0.1, 0.15) is 47.2 Å². The summed E-state index contributed by atoms with van der Waals surface area (Å²) in [5, 5.41) is 5.09. The maximum absolute atomic E-state index is 2.50. The van der Waals surface area contributed by atoms with Crippen molar-refractivity contribution in [2.45, 2.75) is 24.7 Å². The Kier molecular flexibility index (Phi) is 7.86. The molecule has 2 aliphatic carbocycles. The summed E-state index contributed by atoms with van der Waals surface area (Å²) in [6.45, 7) is 4.78. The molecule has 12 rings (SSSR count). The fraction of sp³-hybridized carbons (Fsp3) is 0.0667. The van der Waals surface area contributed by atoms with Gasteiger partial charge in [-0.2, -0.15) is 0 Å². The van der Waals surface area contributed by atoms with Crippen LogP contribution in [-0.4, -0.2) is 0 Å². The second-order valence-electron chi connectivity index (χ2n) is 17.2. The maximum Gasteiger partial charge on any atom is 0.0719 e. The van der Waals surface area contributed by atoms with E-state index in [4.69, 9.17) is 0 Å². The first-order valence-electron chi connectivity index (χ1n) is 21.4. The lowest BCUT2D eigenvalue weighted by Crippen LogP contribution is -2.40. The lowest BCUT2D eigenvalue weighted by Gasteiger charge is -2.46. The Morgan fingerprint density at radius 3 is 1.56 bits per heavy atom. The summed E-state index contributed by atoms with van der Waals surface area (Å²) >= 11 is 0. The molecule has 0 aliphatic heterocycles. The minimum Gasteiger partial charge on any atom is -0.310 e. The molecular formula is C60H43N. The van der Waals surface area contributed by atoms with Crippen LogP contribution in [0.3, 0.4) is 0 Å². The summed E-state index contributed by atoms with van der Waals surface area (Å²) in [5.74, 6) is 0. The first kappa shape index (κ1) is 35.5. The molecule has 0 heterocycles. The molecule has 0 N–H and O–H groups in total. The summed E-state index contributed by atoms with van der Waals surface area (Å²) in [4.78, 5) is 2.38. The van der Waals surface area contributed by atoms with Crippen LogP contribution < -0.4 is 4.90 Å². The molecule has 61 heavy (non-hydrogen) atoms. The molecule has 0 atom stereocenters. The van der Waals surface area contributed by atoms with Crippen molar-refractivity contribution in [2.75, 3.05) is 4.90 Å². The molecule has 0 saturated carbocycles. The van der Waals surface area contributed by atoms with Crippen molar-refractivity contribution in [3.63, 3.8) is 0 Å². The molecule has 0 unspecified atom stereocenters. The summed E-state index contributed by atoms with van der Waals surface area (Å²) in [7, 11) is 0. The van der Waals surface area contributed by atoms with Crippen molar-refractivity contribution in [2.24, 2.45) is 0 Å². The van der Waals surface area contributed by atoms with Crippen LogP contribution in [-0.2, 0) is 10.8 Å². The van der Waals surface area contributed by atoms with Crippen LogP contribution in [0.25, 0.3) is 54.9 Å². The number of para-hydroxylation sites is 1. The van der Waals surface area contributed by atoms with Crippen molar-refractivity contribution < 1.29 is 0 Å². The number of anilines is 3. The zero-order valence-electron chi connectivity index (χ0n) is 34.3. The SMILES string of the molecule is CC1(C)c2ccccc2C2(c3ccccc3-c3ccc(-c4cccc(N(c5ccccc5)c5ccc(-c6cc7ccccc7c7ccccc67)cc5)c4)cc32)c2ccccc21. The Bertz CT molecular complexity index is 3290. The van der Waals surface area contributed by atoms with E-state index < -0.39 is 5.41 Å². The molecule has 10 aromatic carbocycles. The van der Waals surface area contributed by atoms with Gasteiger partial charge in [0.2, 0.25) is 0 Å². The monoisotopic (exact) mass is 777 g/mol. The Labute approximate surface area is 357 Å². The molecule has 0 bridgehead atoms. The highest BCUT2D eigenvalue weighted by Crippen LogP contribution is 2.62. The Balaban J connectivity index is 0.999. The van der Waals surface area contributed by atoms with E-state index in [9.17, 15) is 0 Å². The van der Waals surface area contributed by atoms with Gasteiger partial charge in [0.1, 0.15) is 0 Å². The Morgan fingerprint density at radius 1 is 0.295 bits per heavy atom. The molecule has 0 radical (unpaired) electrons. The van der Waals surface area contributed by atoms with Crippen LogP contribution in [0.4, 0.5) is 17.1 Å². The molecular weight excluding hydrogens is 735 g/mol. The van der Waals surface area contributed by atoms with Crippen LogP contribution in [0.15, 0.2) is 224 Å². The van der Waals surface area contributed by atoms with Crippen molar-refractivity contribution in [3.8, 4) is 33.4 Å². The van der Waals surface area contributed by atoms with Crippen LogP contribution in [0, 0.1) is 0 Å². The van der Waals surface area contributed by atoms with E-state index in [1.807, 2.05) is 0 Å². The van der Waals surface area contributed by atoms with E-state index in [2.05, 4.69) is 243 Å². The molecule has 1 heteroatoms. The molecule has 0 saturated heterocycles. The van der Waals surface area contributed by atoms with Gasteiger partial charge in [0, 0.05) is 22.5 Å². The van der Waals surface area contributed by atoms with Crippen molar-refractivity contribution >= 4 is 38.6 Å². The smallest absolute Gasteiger partial charge is 0.0719 e. The van der Waals surface area contributed by atoms with Crippen LogP contribution in [0.5, 0.6) is 0 Å². The molecule has 0 fully saturated rings. The fourth-order valence-electron chi connectivity index (χ4n) is 11.0. The number of nitrogens with zero attached hydrogens (tertiary/aromatic N) is 1. The van der Waals surface area contributed by atoms with Crippen molar-refractivity contribution in [1.82, 2.24) is 0 Å². The first-order chi connectivity index (χ1) is 30.0. The predicted octanol–water partition coefficient (Wildman–Crippen LogP) is 15.8. The third-order valence-electron chi connectivity index (χ3n) is 13.7. The van der Waals surface area contributed by atoms with E-state index in [0.29, 0.717) is 0 Å². The van der Waals surface area contributed by atoms with Gasteiger partial charge in [0.25, 0.3) is 0 Å². The highest BCUT2D eigenvalue weighted by molar-refractivity contribution is 6.13. The fourth-order valence-corrected chi connectivity index (χ4v) is 11.0. The molecule has 1 spiro atoms. The number of fused-ring (bicyclic) bond motifs is 12. The average molecular weight is 778 g/mol. The van der Waals surface area contributed by atoms with Crippen molar-refractivity contribution in [1.29, 1.82) is 0 Å². The number of benzene rings is 10. The standard InChI is InChI=1S/C60H43N/c1-59(2)54-27-12-14-29-56(54)60(57-30-15-13-28-55(57)59)53-26-11-10-25-50(53)51-36-33-42(39-58(51)60)41-18-16-21-46(37-41)61(44-19-4-3-5-20-44)45-34-31-40(32-35-45)52-38-43-17-6-7-22-47(43)48-23-8-9-24-49(48)52/h3-39H,1-2H3. The van der Waals surface area contributed by atoms with Gasteiger partial charge in [-0.05, 0) is 137 Å². The van der Waals surface area contributed by atoms with Crippen LogP contribution >= 0.6 is 0 Å². The minimum absolute atomic E-state index is 0.134. The highest BCUT2D eigenvalue weighted by Gasteiger charge is 2.53. The van der Waals surface area contributed by atoms with Gasteiger partial charge in [0.15, 0.2) is 0 Å². The van der Waals surface area contributed by atoms with E-state index in [-0.39, 0.29) is 5.41 Å². The minimum atomic E-state index is -0.434. The van der Waals surface area contributed by atoms with Crippen LogP contribution in [0.2, 0.25) is 0 Å². The van der Waals surface area contributed by atoms with Gasteiger partial charge in [-0.15, -0.1) is 0 Å². The molecule has 0 amide bonds. The van der Waals surface area contributed by atoms with E-state index in [1.54, 1.807) is 0 Å². The Hall–Kier alpha value is -7.48. The topological polar surface area (TPSA) is 3.24 Å². The van der Waals surface area contributed by atoms with Gasteiger partial charge in [-0.3, -0.25) is 0 Å². The van der Waals surface area contributed by atoms with E-state index in [1.165, 1.54) is 88.3 Å². The summed E-state index contributed by atoms with van der Waals surface area (Å²) in [6, 6.07) is 83.4. The first-order valence-corrected chi connectivity index (χ1v) is 21.4. The third-order valence-corrected chi connectivity index (χ3v) is 13.7. The van der Waals surface area contributed by atoms with E-state index in [0.717, 1.165) is 17.1 Å².